The summed E-state index contributed by atoms with van der Waals surface area (Å²) >= 11 is 0. The van der Waals surface area contributed by atoms with E-state index in [1.807, 2.05) is 24.3 Å². The quantitative estimate of drug-likeness (QED) is 0.862. The highest BCUT2D eigenvalue weighted by Gasteiger charge is 2.14. The van der Waals surface area contributed by atoms with Crippen molar-refractivity contribution in [3.63, 3.8) is 0 Å². The lowest BCUT2D eigenvalue weighted by atomic mass is 10.1. The van der Waals surface area contributed by atoms with Crippen molar-refractivity contribution in [2.45, 2.75) is 6.54 Å². The Hall–Kier alpha value is -2.57. The van der Waals surface area contributed by atoms with Gasteiger partial charge in [-0.05, 0) is 29.8 Å². The molecule has 3 rings (SSSR count). The van der Waals surface area contributed by atoms with Gasteiger partial charge < -0.3 is 19.5 Å². The van der Waals surface area contributed by atoms with Crippen molar-refractivity contribution >= 4 is 11.6 Å². The number of morpholine rings is 1. The minimum Gasteiger partial charge on any atom is -0.497 e. The van der Waals surface area contributed by atoms with Crippen LogP contribution in [0.2, 0.25) is 0 Å². The Morgan fingerprint density at radius 2 is 1.92 bits per heavy atom. The van der Waals surface area contributed by atoms with Crippen molar-refractivity contribution in [1.82, 2.24) is 4.90 Å². The first-order chi connectivity index (χ1) is 12.7. The number of hydrogen-bond acceptors (Lipinski definition) is 5. The highest BCUT2D eigenvalue weighted by atomic mass is 16.5. The van der Waals surface area contributed by atoms with E-state index in [-0.39, 0.29) is 5.91 Å². The van der Waals surface area contributed by atoms with Crippen molar-refractivity contribution in [2.75, 3.05) is 45.8 Å². The fourth-order valence-corrected chi connectivity index (χ4v) is 2.92. The molecule has 0 radical (unpaired) electrons. The summed E-state index contributed by atoms with van der Waals surface area (Å²) in [7, 11) is 3.15. The first-order valence-electron chi connectivity index (χ1n) is 8.62. The van der Waals surface area contributed by atoms with Gasteiger partial charge in [0.15, 0.2) is 0 Å². The zero-order valence-electron chi connectivity index (χ0n) is 15.2. The van der Waals surface area contributed by atoms with Crippen LogP contribution in [0.1, 0.15) is 15.9 Å². The Morgan fingerprint density at radius 1 is 1.12 bits per heavy atom. The molecule has 0 aromatic heterocycles. The number of methoxy groups -OCH3 is 2. The molecule has 6 nitrogen and oxygen atoms in total. The Kier molecular flexibility index (Phi) is 6.09. The highest BCUT2D eigenvalue weighted by molar-refractivity contribution is 6.05. The van der Waals surface area contributed by atoms with Crippen molar-refractivity contribution in [3.8, 4) is 11.5 Å². The molecule has 6 heteroatoms. The van der Waals surface area contributed by atoms with Gasteiger partial charge in [0.2, 0.25) is 0 Å². The van der Waals surface area contributed by atoms with E-state index >= 15 is 0 Å². The van der Waals surface area contributed by atoms with E-state index in [1.54, 1.807) is 32.4 Å². The predicted octanol–water partition coefficient (Wildman–Crippen LogP) is 2.79. The largest absolute Gasteiger partial charge is 0.497 e. The molecular weight excluding hydrogens is 332 g/mol. The number of nitrogens with one attached hydrogen (secondary N) is 1. The molecule has 0 unspecified atom stereocenters. The molecule has 1 heterocycles. The minimum absolute atomic E-state index is 0.169. The van der Waals surface area contributed by atoms with Crippen molar-refractivity contribution < 1.29 is 19.0 Å². The van der Waals surface area contributed by atoms with Crippen LogP contribution in [0.4, 0.5) is 5.69 Å². The van der Waals surface area contributed by atoms with Crippen LogP contribution in [0.5, 0.6) is 11.5 Å². The lowest BCUT2D eigenvalue weighted by Gasteiger charge is -2.26. The van der Waals surface area contributed by atoms with E-state index in [2.05, 4.69) is 10.2 Å². The van der Waals surface area contributed by atoms with Crippen LogP contribution in [0.15, 0.2) is 42.5 Å². The SMILES string of the molecule is COc1ccc(NC(=O)c2cccc(CN3CCOCC3)c2)c(OC)c1. The standard InChI is InChI=1S/C20H24N2O4/c1-24-17-6-7-18(19(13-17)25-2)21-20(23)16-5-3-4-15(12-16)14-22-8-10-26-11-9-22/h3-7,12-13H,8-11,14H2,1-2H3,(H,21,23). The number of rotatable bonds is 6. The number of nitrogens with zero attached hydrogens (tertiary/aromatic N) is 1. The molecule has 1 N–H and O–H groups in total. The van der Waals surface area contributed by atoms with Crippen molar-refractivity contribution in [1.29, 1.82) is 0 Å². The fourth-order valence-electron chi connectivity index (χ4n) is 2.92. The molecule has 0 atom stereocenters. The molecule has 0 bridgehead atoms. The first kappa shape index (κ1) is 18.2. The van der Waals surface area contributed by atoms with Gasteiger partial charge >= 0.3 is 0 Å². The summed E-state index contributed by atoms with van der Waals surface area (Å²) in [6.07, 6.45) is 0. The number of anilines is 1. The zero-order valence-corrected chi connectivity index (χ0v) is 15.2. The van der Waals surface area contributed by atoms with Crippen LogP contribution < -0.4 is 14.8 Å². The molecule has 1 aliphatic heterocycles. The average molecular weight is 356 g/mol. The van der Waals surface area contributed by atoms with Gasteiger partial charge in [0.25, 0.3) is 5.91 Å². The van der Waals surface area contributed by atoms with Crippen LogP contribution in [0.25, 0.3) is 0 Å². The first-order valence-corrected chi connectivity index (χ1v) is 8.62. The van der Waals surface area contributed by atoms with Crippen LogP contribution >= 0.6 is 0 Å². The lowest BCUT2D eigenvalue weighted by Crippen LogP contribution is -2.35. The second-order valence-corrected chi connectivity index (χ2v) is 6.11. The third-order valence-corrected chi connectivity index (χ3v) is 4.36. The van der Waals surface area contributed by atoms with Crippen LogP contribution in [-0.4, -0.2) is 51.3 Å². The summed E-state index contributed by atoms with van der Waals surface area (Å²) in [6, 6.07) is 13.0. The normalized spacial score (nSPS) is 14.7. The second kappa shape index (κ2) is 8.69. The van der Waals surface area contributed by atoms with E-state index in [0.29, 0.717) is 22.7 Å². The summed E-state index contributed by atoms with van der Waals surface area (Å²) in [6.45, 7) is 4.17. The van der Waals surface area contributed by atoms with Gasteiger partial charge in [-0.1, -0.05) is 12.1 Å². The molecule has 26 heavy (non-hydrogen) atoms. The fraction of sp³-hybridized carbons (Fsp3) is 0.350. The van der Waals surface area contributed by atoms with Gasteiger partial charge in [-0.2, -0.15) is 0 Å². The maximum absolute atomic E-state index is 12.6. The van der Waals surface area contributed by atoms with E-state index in [0.717, 1.165) is 38.4 Å². The Morgan fingerprint density at radius 3 is 2.65 bits per heavy atom. The molecule has 0 aliphatic carbocycles. The number of carbonyl (C=O) groups excluding carboxylic acids is 1. The van der Waals surface area contributed by atoms with Gasteiger partial charge in [0.05, 0.1) is 33.1 Å². The van der Waals surface area contributed by atoms with E-state index in [1.165, 1.54) is 0 Å². The molecule has 2 aromatic carbocycles. The Balaban J connectivity index is 1.70. The maximum Gasteiger partial charge on any atom is 0.255 e. The van der Waals surface area contributed by atoms with Gasteiger partial charge in [0.1, 0.15) is 11.5 Å². The third-order valence-electron chi connectivity index (χ3n) is 4.36. The van der Waals surface area contributed by atoms with Crippen LogP contribution in [0, 0.1) is 0 Å². The monoisotopic (exact) mass is 356 g/mol. The van der Waals surface area contributed by atoms with Crippen molar-refractivity contribution in [3.05, 3.63) is 53.6 Å². The molecule has 0 saturated carbocycles. The summed E-state index contributed by atoms with van der Waals surface area (Å²) < 4.78 is 15.9. The van der Waals surface area contributed by atoms with E-state index in [9.17, 15) is 4.79 Å². The lowest BCUT2D eigenvalue weighted by molar-refractivity contribution is 0.0342. The molecule has 1 fully saturated rings. The summed E-state index contributed by atoms with van der Waals surface area (Å²) in [5.74, 6) is 1.06. The molecular formula is C20H24N2O4. The summed E-state index contributed by atoms with van der Waals surface area (Å²) in [5, 5.41) is 2.91. The van der Waals surface area contributed by atoms with Gasteiger partial charge in [-0.15, -0.1) is 0 Å². The Labute approximate surface area is 153 Å². The number of hydrogen-bond donors (Lipinski definition) is 1. The molecule has 0 spiro atoms. The number of carbonyl (C=O) groups is 1. The molecule has 138 valence electrons. The van der Waals surface area contributed by atoms with Crippen LogP contribution in [0.3, 0.4) is 0 Å². The van der Waals surface area contributed by atoms with Gasteiger partial charge in [-0.3, -0.25) is 9.69 Å². The van der Waals surface area contributed by atoms with E-state index in [4.69, 9.17) is 14.2 Å². The summed E-state index contributed by atoms with van der Waals surface area (Å²) in [4.78, 5) is 15.0. The van der Waals surface area contributed by atoms with Crippen molar-refractivity contribution in [2.24, 2.45) is 0 Å². The zero-order chi connectivity index (χ0) is 18.4. The summed E-state index contributed by atoms with van der Waals surface area (Å²) in [5.41, 5.74) is 2.34. The smallest absolute Gasteiger partial charge is 0.255 e. The van der Waals surface area contributed by atoms with Gasteiger partial charge in [0, 0.05) is 31.3 Å². The maximum atomic E-state index is 12.6. The number of benzene rings is 2. The van der Waals surface area contributed by atoms with Crippen LogP contribution in [-0.2, 0) is 11.3 Å². The number of amides is 1. The molecule has 1 saturated heterocycles. The molecule has 1 aliphatic rings. The predicted molar refractivity (Wildman–Crippen MR) is 100 cm³/mol. The molecule has 2 aromatic rings. The topological polar surface area (TPSA) is 60.0 Å². The number of ether oxygens (including phenoxy) is 3. The average Bonchev–Trinajstić information content (AvgIpc) is 2.69. The molecule has 1 amide bonds. The minimum atomic E-state index is -0.169. The van der Waals surface area contributed by atoms with E-state index < -0.39 is 0 Å². The van der Waals surface area contributed by atoms with Gasteiger partial charge in [-0.25, -0.2) is 0 Å². The third kappa shape index (κ3) is 4.53. The second-order valence-electron chi connectivity index (χ2n) is 6.11. The highest BCUT2D eigenvalue weighted by Crippen LogP contribution is 2.29. The Bertz CT molecular complexity index is 757.